The van der Waals surface area contributed by atoms with E-state index in [-0.39, 0.29) is 23.7 Å². The Morgan fingerprint density at radius 2 is 1.90 bits per heavy atom. The maximum atomic E-state index is 12.9. The lowest BCUT2D eigenvalue weighted by atomic mass is 10.2. The third-order valence-corrected chi connectivity index (χ3v) is 6.60. The molecule has 9 heteroatoms. The first-order chi connectivity index (χ1) is 14.3. The van der Waals surface area contributed by atoms with Gasteiger partial charge in [0.15, 0.2) is 6.10 Å². The van der Waals surface area contributed by atoms with Crippen LogP contribution in [0.5, 0.6) is 11.5 Å². The Labute approximate surface area is 176 Å². The van der Waals surface area contributed by atoms with Gasteiger partial charge in [0.1, 0.15) is 11.5 Å². The molecule has 2 aromatic rings. The summed E-state index contributed by atoms with van der Waals surface area (Å²) in [7, 11) is -2.25. The zero-order valence-corrected chi connectivity index (χ0v) is 18.1. The summed E-state index contributed by atoms with van der Waals surface area (Å²) >= 11 is 0. The summed E-state index contributed by atoms with van der Waals surface area (Å²) < 4.78 is 43.4. The molecule has 3 rings (SSSR count). The Morgan fingerprint density at radius 3 is 2.57 bits per heavy atom. The van der Waals surface area contributed by atoms with E-state index in [9.17, 15) is 13.2 Å². The Kier molecular flexibility index (Phi) is 6.96. The molecular formula is C21H26N2O6S. The highest BCUT2D eigenvalue weighted by Crippen LogP contribution is 2.29. The molecule has 30 heavy (non-hydrogen) atoms. The number of carbonyl (C=O) groups is 1. The summed E-state index contributed by atoms with van der Waals surface area (Å²) in [4.78, 5) is 12.7. The quantitative estimate of drug-likeness (QED) is 0.719. The molecule has 0 spiro atoms. The zero-order chi connectivity index (χ0) is 21.7. The van der Waals surface area contributed by atoms with Crippen molar-refractivity contribution in [2.24, 2.45) is 0 Å². The zero-order valence-electron chi connectivity index (χ0n) is 17.3. The Hall–Kier alpha value is -2.62. The third-order valence-electron chi connectivity index (χ3n) is 4.71. The number of carbonyl (C=O) groups excluding carboxylic acids is 1. The highest BCUT2D eigenvalue weighted by Gasteiger charge is 2.27. The van der Waals surface area contributed by atoms with Crippen LogP contribution in [-0.4, -0.2) is 58.1 Å². The SMILES string of the molecule is COc1ccc(S(=O)(=O)N2CCOCC2)cc1NC(=O)C(C)Oc1cccc(C)c1. The number of hydrogen-bond donors (Lipinski definition) is 1. The molecule has 1 heterocycles. The van der Waals surface area contributed by atoms with Crippen molar-refractivity contribution < 1.29 is 27.4 Å². The van der Waals surface area contributed by atoms with Gasteiger partial charge in [0.25, 0.3) is 5.91 Å². The van der Waals surface area contributed by atoms with E-state index in [1.807, 2.05) is 25.1 Å². The predicted molar refractivity (Wildman–Crippen MR) is 112 cm³/mol. The average molecular weight is 435 g/mol. The van der Waals surface area contributed by atoms with Crippen LogP contribution in [0, 0.1) is 6.92 Å². The van der Waals surface area contributed by atoms with E-state index < -0.39 is 22.0 Å². The normalized spacial score (nSPS) is 16.0. The van der Waals surface area contributed by atoms with Crippen molar-refractivity contribution in [3.8, 4) is 11.5 Å². The van der Waals surface area contributed by atoms with Crippen LogP contribution in [0.25, 0.3) is 0 Å². The van der Waals surface area contributed by atoms with E-state index in [1.165, 1.54) is 29.6 Å². The number of morpholine rings is 1. The minimum absolute atomic E-state index is 0.0766. The van der Waals surface area contributed by atoms with Crippen molar-refractivity contribution in [1.82, 2.24) is 4.31 Å². The molecule has 1 fully saturated rings. The van der Waals surface area contributed by atoms with E-state index in [4.69, 9.17) is 14.2 Å². The number of amides is 1. The van der Waals surface area contributed by atoms with Gasteiger partial charge in [-0.2, -0.15) is 4.31 Å². The molecule has 0 aliphatic carbocycles. The molecule has 0 saturated carbocycles. The monoisotopic (exact) mass is 434 g/mol. The number of nitrogens with zero attached hydrogens (tertiary/aromatic N) is 1. The lowest BCUT2D eigenvalue weighted by molar-refractivity contribution is -0.122. The molecule has 1 aliphatic rings. The molecule has 0 aromatic heterocycles. The van der Waals surface area contributed by atoms with E-state index in [1.54, 1.807) is 13.0 Å². The summed E-state index contributed by atoms with van der Waals surface area (Å²) in [5.74, 6) is 0.510. The van der Waals surface area contributed by atoms with Crippen molar-refractivity contribution in [2.75, 3.05) is 38.7 Å². The van der Waals surface area contributed by atoms with Crippen LogP contribution in [0.4, 0.5) is 5.69 Å². The fourth-order valence-corrected chi connectivity index (χ4v) is 4.50. The van der Waals surface area contributed by atoms with E-state index in [0.717, 1.165) is 5.56 Å². The standard InChI is InChI=1S/C21H26N2O6S/c1-15-5-4-6-17(13-15)29-16(2)21(24)22-19-14-18(7-8-20(19)27-3)30(25,26)23-9-11-28-12-10-23/h4-8,13-14,16H,9-12H2,1-3H3,(H,22,24). The first kappa shape index (κ1) is 22.1. The maximum absolute atomic E-state index is 12.9. The first-order valence-corrected chi connectivity index (χ1v) is 11.1. The van der Waals surface area contributed by atoms with Crippen LogP contribution in [0.2, 0.25) is 0 Å². The molecule has 8 nitrogen and oxygen atoms in total. The van der Waals surface area contributed by atoms with Crippen LogP contribution in [0.15, 0.2) is 47.4 Å². The number of hydrogen-bond acceptors (Lipinski definition) is 6. The molecule has 1 N–H and O–H groups in total. The van der Waals surface area contributed by atoms with Crippen LogP contribution in [0.1, 0.15) is 12.5 Å². The fourth-order valence-electron chi connectivity index (χ4n) is 3.06. The maximum Gasteiger partial charge on any atom is 0.265 e. The highest BCUT2D eigenvalue weighted by atomic mass is 32.2. The first-order valence-electron chi connectivity index (χ1n) is 9.61. The smallest absolute Gasteiger partial charge is 0.265 e. The summed E-state index contributed by atoms with van der Waals surface area (Å²) in [5.41, 5.74) is 1.28. The second-order valence-electron chi connectivity index (χ2n) is 6.94. The second-order valence-corrected chi connectivity index (χ2v) is 8.88. The molecule has 1 saturated heterocycles. The van der Waals surface area contributed by atoms with Gasteiger partial charge in [0, 0.05) is 13.1 Å². The van der Waals surface area contributed by atoms with E-state index in [2.05, 4.69) is 5.32 Å². The van der Waals surface area contributed by atoms with Crippen LogP contribution >= 0.6 is 0 Å². The molecule has 2 aromatic carbocycles. The average Bonchev–Trinajstić information content (AvgIpc) is 2.74. The van der Waals surface area contributed by atoms with Crippen molar-refractivity contribution in [3.63, 3.8) is 0 Å². The minimum atomic E-state index is -3.70. The molecular weight excluding hydrogens is 408 g/mol. The number of nitrogens with one attached hydrogen (secondary N) is 1. The Balaban J connectivity index is 1.78. The lowest BCUT2D eigenvalue weighted by Crippen LogP contribution is -2.40. The number of sulfonamides is 1. The third kappa shape index (κ3) is 5.10. The number of ether oxygens (including phenoxy) is 3. The van der Waals surface area contributed by atoms with Crippen molar-refractivity contribution in [3.05, 3.63) is 48.0 Å². The largest absolute Gasteiger partial charge is 0.495 e. The van der Waals surface area contributed by atoms with Crippen LogP contribution in [-0.2, 0) is 19.6 Å². The van der Waals surface area contributed by atoms with Crippen LogP contribution in [0.3, 0.4) is 0 Å². The molecule has 0 bridgehead atoms. The molecule has 0 radical (unpaired) electrons. The van der Waals surface area contributed by atoms with Crippen molar-refractivity contribution in [1.29, 1.82) is 0 Å². The van der Waals surface area contributed by atoms with Gasteiger partial charge in [-0.15, -0.1) is 0 Å². The van der Waals surface area contributed by atoms with E-state index in [0.29, 0.717) is 24.7 Å². The van der Waals surface area contributed by atoms with Gasteiger partial charge in [-0.3, -0.25) is 4.79 Å². The number of anilines is 1. The lowest BCUT2D eigenvalue weighted by Gasteiger charge is -2.26. The summed E-state index contributed by atoms with van der Waals surface area (Å²) in [6.45, 7) is 4.84. The van der Waals surface area contributed by atoms with Gasteiger partial charge < -0.3 is 19.5 Å². The second kappa shape index (κ2) is 9.46. The van der Waals surface area contributed by atoms with Gasteiger partial charge in [-0.05, 0) is 49.7 Å². The number of aryl methyl sites for hydroxylation is 1. The van der Waals surface area contributed by atoms with Crippen molar-refractivity contribution >= 4 is 21.6 Å². The minimum Gasteiger partial charge on any atom is -0.495 e. The number of methoxy groups -OCH3 is 1. The van der Waals surface area contributed by atoms with Crippen LogP contribution < -0.4 is 14.8 Å². The molecule has 1 aliphatic heterocycles. The van der Waals surface area contributed by atoms with Gasteiger partial charge in [-0.25, -0.2) is 8.42 Å². The Morgan fingerprint density at radius 1 is 1.17 bits per heavy atom. The van der Waals surface area contributed by atoms with E-state index >= 15 is 0 Å². The Bertz CT molecular complexity index is 1000. The van der Waals surface area contributed by atoms with Gasteiger partial charge >= 0.3 is 0 Å². The van der Waals surface area contributed by atoms with Gasteiger partial charge in [0.2, 0.25) is 10.0 Å². The van der Waals surface area contributed by atoms with Crippen molar-refractivity contribution in [2.45, 2.75) is 24.8 Å². The number of rotatable bonds is 7. The topological polar surface area (TPSA) is 94.2 Å². The van der Waals surface area contributed by atoms with Gasteiger partial charge in [0.05, 0.1) is 30.9 Å². The summed E-state index contributed by atoms with van der Waals surface area (Å²) in [5, 5.41) is 2.71. The molecule has 1 amide bonds. The number of benzene rings is 2. The fraction of sp³-hybridized carbons (Fsp3) is 0.381. The predicted octanol–water partition coefficient (Wildman–Crippen LogP) is 2.43. The highest BCUT2D eigenvalue weighted by molar-refractivity contribution is 7.89. The molecule has 1 unspecified atom stereocenters. The molecule has 162 valence electrons. The van der Waals surface area contributed by atoms with Gasteiger partial charge in [-0.1, -0.05) is 12.1 Å². The summed E-state index contributed by atoms with van der Waals surface area (Å²) in [6, 6.07) is 11.8. The molecule has 1 atom stereocenters. The summed E-state index contributed by atoms with van der Waals surface area (Å²) in [6.07, 6.45) is -0.795.